The summed E-state index contributed by atoms with van der Waals surface area (Å²) in [5, 5.41) is 33.2. The van der Waals surface area contributed by atoms with Crippen LogP contribution in [0, 0.1) is 13.8 Å². The molecule has 0 unspecified atom stereocenters. The lowest BCUT2D eigenvalue weighted by molar-refractivity contribution is 0.0672. The van der Waals surface area contributed by atoms with Crippen molar-refractivity contribution in [3.8, 4) is 0 Å². The van der Waals surface area contributed by atoms with E-state index in [1.807, 2.05) is 0 Å². The molecule has 45 heavy (non-hydrogen) atoms. The number of halogens is 5. The van der Waals surface area contributed by atoms with E-state index in [1.54, 1.807) is 64.1 Å². The highest BCUT2D eigenvalue weighted by molar-refractivity contribution is 6.35. The molecule has 2 heterocycles. The zero-order valence-electron chi connectivity index (χ0n) is 24.4. The molecule has 10 nitrogen and oxygen atoms in total. The van der Waals surface area contributed by atoms with Crippen molar-refractivity contribution in [1.29, 1.82) is 0 Å². The van der Waals surface area contributed by atoms with Gasteiger partial charge in [-0.2, -0.15) is 0 Å². The third kappa shape index (κ3) is 10.4. The summed E-state index contributed by atoms with van der Waals surface area (Å²) in [5.74, 6) is -2.70. The average molecular weight is 716 g/mol. The van der Waals surface area contributed by atoms with Crippen LogP contribution in [0.25, 0.3) is 0 Å². The van der Waals surface area contributed by atoms with Gasteiger partial charge in [-0.25, -0.2) is 29.5 Å². The van der Waals surface area contributed by atoms with Crippen molar-refractivity contribution >= 4 is 75.8 Å². The number of benzene rings is 2. The van der Waals surface area contributed by atoms with Gasteiger partial charge in [-0.1, -0.05) is 70.1 Å². The van der Waals surface area contributed by atoms with E-state index < -0.39 is 17.5 Å². The maximum atomic E-state index is 11.2. The molecule has 0 amide bonds. The summed E-state index contributed by atoms with van der Waals surface area (Å²) >= 11 is 30.1. The van der Waals surface area contributed by atoms with Crippen molar-refractivity contribution in [1.82, 2.24) is 19.9 Å². The Labute approximate surface area is 284 Å². The van der Waals surface area contributed by atoms with Gasteiger partial charge in [-0.05, 0) is 63.1 Å². The van der Waals surface area contributed by atoms with Crippen molar-refractivity contribution in [3.63, 3.8) is 0 Å². The standard InChI is InChI=1S/C17H19Cl2N3O3.C13H9Cl3N2O2/c1-9-12(6-10-4-5-11(18)7-13(10)19)14(20-8-17(2,3)25)22-15(21-9)16(23)24;1-6-9(11(16)18-12(17-6)13(19)20)4-7-2-3-8(14)5-10(7)15/h4-5,7,25H,6,8H2,1-3H3,(H,23,24)(H,20,21,22);2-3,5H,4H2,1H3,(H,19,20). The highest BCUT2D eigenvalue weighted by atomic mass is 35.5. The summed E-state index contributed by atoms with van der Waals surface area (Å²) in [6.45, 7) is 6.87. The first-order valence-corrected chi connectivity index (χ1v) is 15.1. The lowest BCUT2D eigenvalue weighted by Gasteiger charge is -2.20. The number of carbonyl (C=O) groups is 2. The fourth-order valence-electron chi connectivity index (χ4n) is 3.92. The third-order valence-corrected chi connectivity index (χ3v) is 7.70. The Morgan fingerprint density at radius 3 is 1.60 bits per heavy atom. The molecule has 0 radical (unpaired) electrons. The van der Waals surface area contributed by atoms with E-state index in [4.69, 9.17) is 63.1 Å². The number of carboxylic acids is 2. The van der Waals surface area contributed by atoms with Gasteiger partial charge in [0.25, 0.3) is 0 Å². The molecule has 4 N–H and O–H groups in total. The summed E-state index contributed by atoms with van der Waals surface area (Å²) in [6, 6.07) is 10.3. The van der Waals surface area contributed by atoms with Crippen LogP contribution in [-0.4, -0.2) is 59.3 Å². The van der Waals surface area contributed by atoms with E-state index in [1.165, 1.54) is 0 Å². The number of aryl methyl sites for hydroxylation is 2. The fourth-order valence-corrected chi connectivity index (χ4v) is 5.15. The van der Waals surface area contributed by atoms with Crippen LogP contribution in [0.3, 0.4) is 0 Å². The van der Waals surface area contributed by atoms with Crippen molar-refractivity contribution in [2.45, 2.75) is 46.1 Å². The van der Waals surface area contributed by atoms with E-state index in [0.717, 1.165) is 11.1 Å². The minimum absolute atomic E-state index is 0.112. The Balaban J connectivity index is 0.000000251. The topological polar surface area (TPSA) is 158 Å². The van der Waals surface area contributed by atoms with Gasteiger partial charge < -0.3 is 20.6 Å². The van der Waals surface area contributed by atoms with Crippen molar-refractivity contribution in [2.24, 2.45) is 0 Å². The van der Waals surface area contributed by atoms with Crippen LogP contribution < -0.4 is 5.32 Å². The number of nitrogens with one attached hydrogen (secondary N) is 1. The Hall–Kier alpha value is -3.25. The quantitative estimate of drug-likeness (QED) is 0.127. The maximum absolute atomic E-state index is 11.2. The third-order valence-electron chi connectivity index (χ3n) is 6.21. The van der Waals surface area contributed by atoms with Crippen LogP contribution in [0.1, 0.15) is 68.7 Å². The smallest absolute Gasteiger partial charge is 0.374 e. The lowest BCUT2D eigenvalue weighted by Crippen LogP contribution is -2.30. The van der Waals surface area contributed by atoms with Gasteiger partial charge >= 0.3 is 11.9 Å². The predicted octanol–water partition coefficient (Wildman–Crippen LogP) is 7.60. The molecule has 4 aromatic rings. The minimum Gasteiger partial charge on any atom is -0.475 e. The first-order valence-electron chi connectivity index (χ1n) is 13.2. The van der Waals surface area contributed by atoms with Crippen molar-refractivity contribution in [2.75, 3.05) is 11.9 Å². The van der Waals surface area contributed by atoms with Gasteiger partial charge in [0, 0.05) is 62.0 Å². The monoisotopic (exact) mass is 713 g/mol. The first kappa shape index (κ1) is 36.2. The normalized spacial score (nSPS) is 11.1. The minimum atomic E-state index is -1.22. The second kappa shape index (κ2) is 15.4. The number of carboxylic acid groups (broad SMARTS) is 2. The molecule has 0 saturated heterocycles. The molecule has 15 heteroatoms. The summed E-state index contributed by atoms with van der Waals surface area (Å²) in [4.78, 5) is 37.9. The first-order chi connectivity index (χ1) is 20.9. The number of aliphatic hydroxyl groups is 1. The predicted molar refractivity (Wildman–Crippen MR) is 176 cm³/mol. The van der Waals surface area contributed by atoms with Crippen LogP contribution in [-0.2, 0) is 12.8 Å². The number of aromatic nitrogens is 4. The molecular weight excluding hydrogens is 688 g/mol. The van der Waals surface area contributed by atoms with E-state index in [2.05, 4.69) is 25.3 Å². The largest absolute Gasteiger partial charge is 0.475 e. The van der Waals surface area contributed by atoms with Gasteiger partial charge in [0.1, 0.15) is 11.0 Å². The number of rotatable bonds is 9. The molecule has 0 aliphatic heterocycles. The second-order valence-electron chi connectivity index (χ2n) is 10.5. The van der Waals surface area contributed by atoms with Gasteiger partial charge in [-0.15, -0.1) is 0 Å². The van der Waals surface area contributed by atoms with Crippen LogP contribution in [0.2, 0.25) is 25.2 Å². The van der Waals surface area contributed by atoms with E-state index in [-0.39, 0.29) is 23.3 Å². The lowest BCUT2D eigenvalue weighted by atomic mass is 10.0. The maximum Gasteiger partial charge on any atom is 0.374 e. The number of aromatic carboxylic acids is 2. The van der Waals surface area contributed by atoms with Crippen LogP contribution in [0.4, 0.5) is 5.82 Å². The van der Waals surface area contributed by atoms with E-state index in [0.29, 0.717) is 61.3 Å². The number of hydrogen-bond donors (Lipinski definition) is 4. The zero-order valence-corrected chi connectivity index (χ0v) is 28.2. The Kier molecular flexibility index (Phi) is 12.4. The van der Waals surface area contributed by atoms with Crippen molar-refractivity contribution in [3.05, 3.63) is 107 Å². The number of nitrogens with zero attached hydrogens (tertiary/aromatic N) is 4. The number of anilines is 1. The molecule has 0 fully saturated rings. The molecule has 0 atom stereocenters. The second-order valence-corrected chi connectivity index (χ2v) is 12.5. The molecular formula is C30H28Cl5N5O5. The SMILES string of the molecule is Cc1nc(C(=O)O)nc(Cl)c1Cc1ccc(Cl)cc1Cl.Cc1nc(C(=O)O)nc(NCC(C)(C)O)c1Cc1ccc(Cl)cc1Cl. The molecule has 0 saturated carbocycles. The summed E-state index contributed by atoms with van der Waals surface area (Å²) in [5.41, 5.74) is 3.02. The Morgan fingerprint density at radius 2 is 1.18 bits per heavy atom. The molecule has 0 spiro atoms. The van der Waals surface area contributed by atoms with E-state index in [9.17, 15) is 19.8 Å². The van der Waals surface area contributed by atoms with Gasteiger partial charge in [-0.3, -0.25) is 0 Å². The fraction of sp³-hybridized carbons (Fsp3) is 0.267. The highest BCUT2D eigenvalue weighted by Crippen LogP contribution is 2.28. The molecule has 0 aliphatic carbocycles. The summed E-state index contributed by atoms with van der Waals surface area (Å²) < 4.78 is 0. The molecule has 0 aliphatic rings. The van der Waals surface area contributed by atoms with Crippen LogP contribution in [0.15, 0.2) is 36.4 Å². The van der Waals surface area contributed by atoms with Gasteiger partial charge in [0.05, 0.1) is 5.60 Å². The zero-order chi connectivity index (χ0) is 33.6. The molecule has 2 aromatic heterocycles. The van der Waals surface area contributed by atoms with Gasteiger partial charge in [0.15, 0.2) is 0 Å². The molecule has 4 rings (SSSR count). The van der Waals surface area contributed by atoms with Crippen LogP contribution >= 0.6 is 58.0 Å². The molecule has 2 aromatic carbocycles. The Morgan fingerprint density at radius 1 is 0.733 bits per heavy atom. The summed E-state index contributed by atoms with van der Waals surface area (Å²) in [6.07, 6.45) is 0.802. The molecule has 0 bridgehead atoms. The average Bonchev–Trinajstić information content (AvgIpc) is 2.92. The number of hydrogen-bond acceptors (Lipinski definition) is 8. The molecule has 238 valence electrons. The van der Waals surface area contributed by atoms with Crippen LogP contribution in [0.5, 0.6) is 0 Å². The Bertz CT molecular complexity index is 1720. The highest BCUT2D eigenvalue weighted by Gasteiger charge is 2.20. The van der Waals surface area contributed by atoms with E-state index >= 15 is 0 Å². The van der Waals surface area contributed by atoms with Crippen molar-refractivity contribution < 1.29 is 24.9 Å². The summed E-state index contributed by atoms with van der Waals surface area (Å²) in [7, 11) is 0. The van der Waals surface area contributed by atoms with Gasteiger partial charge in [0.2, 0.25) is 11.6 Å².